The molecule has 4 rings (SSSR count). The number of Topliss-reactive ketones (excluding diaryl/α,β-unsaturated/α-hetero) is 1. The predicted molar refractivity (Wildman–Crippen MR) is 183 cm³/mol. The van der Waals surface area contributed by atoms with Crippen LogP contribution in [0.3, 0.4) is 0 Å². The van der Waals surface area contributed by atoms with E-state index in [1.54, 1.807) is 37.3 Å². The highest BCUT2D eigenvalue weighted by Crippen LogP contribution is 2.67. The summed E-state index contributed by atoms with van der Waals surface area (Å²) in [4.78, 5) is 39.7. The number of nitrogens with zero attached hydrogens (tertiary/aromatic N) is 1. The molecule has 5 atom stereocenters. The lowest BCUT2D eigenvalue weighted by Gasteiger charge is -2.61. The number of rotatable bonds is 7. The number of hydrogen-bond acceptors (Lipinski definition) is 5. The van der Waals surface area contributed by atoms with Crippen molar-refractivity contribution >= 4 is 23.3 Å². The number of aromatic hydroxyl groups is 1. The van der Waals surface area contributed by atoms with Crippen molar-refractivity contribution in [2.75, 3.05) is 5.32 Å². The Labute approximate surface area is 276 Å². The fraction of sp³-hybridized carbons (Fsp3) is 0.641. The highest BCUT2D eigenvalue weighted by Gasteiger charge is 2.61. The van der Waals surface area contributed by atoms with Crippen LogP contribution in [0.25, 0.3) is 0 Å². The fourth-order valence-corrected chi connectivity index (χ4v) is 9.41. The van der Waals surface area contributed by atoms with Gasteiger partial charge < -0.3 is 15.7 Å². The summed E-state index contributed by atoms with van der Waals surface area (Å²) < 4.78 is 0. The molecule has 3 aliphatic rings. The minimum Gasteiger partial charge on any atom is -0.508 e. The number of nitriles is 1. The minimum absolute atomic E-state index is 0.0312. The van der Waals surface area contributed by atoms with Gasteiger partial charge in [0.15, 0.2) is 11.6 Å². The molecule has 0 aliphatic heterocycles. The third-order valence-corrected chi connectivity index (χ3v) is 12.7. The number of carbonyl (C=O) groups excluding carboxylic acids is 3. The van der Waals surface area contributed by atoms with Crippen LogP contribution in [0, 0.1) is 50.2 Å². The first-order valence-electron chi connectivity index (χ1n) is 16.9. The van der Waals surface area contributed by atoms with E-state index in [0.717, 1.165) is 50.5 Å². The molecule has 1 aromatic carbocycles. The second kappa shape index (κ2) is 12.0. The Balaban J connectivity index is 1.70. The summed E-state index contributed by atoms with van der Waals surface area (Å²) >= 11 is 0. The van der Waals surface area contributed by atoms with Gasteiger partial charge in [0.1, 0.15) is 11.8 Å². The first kappa shape index (κ1) is 35.5. The summed E-state index contributed by atoms with van der Waals surface area (Å²) in [7, 11) is 0. The normalized spacial score (nSPS) is 32.9. The predicted octanol–water partition coefficient (Wildman–Crippen LogP) is 8.90. The van der Waals surface area contributed by atoms with Gasteiger partial charge in [-0.1, -0.05) is 74.0 Å². The van der Waals surface area contributed by atoms with E-state index in [1.165, 1.54) is 0 Å². The Morgan fingerprint density at radius 1 is 1.07 bits per heavy atom. The van der Waals surface area contributed by atoms with Crippen molar-refractivity contribution in [3.8, 4) is 11.8 Å². The number of phenols is 1. The maximum Gasteiger partial charge on any atom is 0.319 e. The number of amides is 2. The number of nitrogens with one attached hydrogen (secondary N) is 2. The van der Waals surface area contributed by atoms with Crippen LogP contribution < -0.4 is 10.6 Å². The monoisotopic (exact) mass is 629 g/mol. The van der Waals surface area contributed by atoms with E-state index in [4.69, 9.17) is 0 Å². The van der Waals surface area contributed by atoms with Crippen molar-refractivity contribution in [1.29, 1.82) is 5.26 Å². The van der Waals surface area contributed by atoms with Crippen LogP contribution in [-0.2, 0) is 9.59 Å². The Hall–Kier alpha value is -3.40. The zero-order valence-corrected chi connectivity index (χ0v) is 29.7. The SMILES string of the molecule is CC(=O)/C=C1/[C@@]2(C)C=C(C#N)C(=O)C(C)(C)[C@@H]2CC[C@@]1(C)C(C)(C)CC[C@@]1(NC(=O)Nc2ccc(O)cc2)CCC(C)(C)CC1C. The van der Waals surface area contributed by atoms with Crippen molar-refractivity contribution in [1.82, 2.24) is 5.32 Å². The van der Waals surface area contributed by atoms with Crippen molar-refractivity contribution in [3.63, 3.8) is 0 Å². The Morgan fingerprint density at radius 3 is 2.26 bits per heavy atom. The molecule has 3 aliphatic carbocycles. The molecule has 46 heavy (non-hydrogen) atoms. The molecule has 0 heterocycles. The highest BCUT2D eigenvalue weighted by molar-refractivity contribution is 6.04. The van der Waals surface area contributed by atoms with Crippen molar-refractivity contribution < 1.29 is 19.5 Å². The van der Waals surface area contributed by atoms with Crippen LogP contribution in [0.1, 0.15) is 114 Å². The first-order chi connectivity index (χ1) is 21.1. The van der Waals surface area contributed by atoms with Gasteiger partial charge in [0.25, 0.3) is 0 Å². The zero-order valence-electron chi connectivity index (χ0n) is 29.7. The number of anilines is 1. The molecule has 0 bridgehead atoms. The largest absolute Gasteiger partial charge is 0.508 e. The van der Waals surface area contributed by atoms with Gasteiger partial charge in [0.2, 0.25) is 0 Å². The Bertz CT molecular complexity index is 1490. The van der Waals surface area contributed by atoms with Gasteiger partial charge >= 0.3 is 6.03 Å². The maximum absolute atomic E-state index is 13.5. The molecule has 0 radical (unpaired) electrons. The van der Waals surface area contributed by atoms with Crippen molar-refractivity contribution in [2.24, 2.45) is 38.9 Å². The molecule has 2 saturated carbocycles. The number of benzene rings is 1. The molecule has 3 N–H and O–H groups in total. The lowest BCUT2D eigenvalue weighted by atomic mass is 9.42. The average molecular weight is 630 g/mol. The lowest BCUT2D eigenvalue weighted by molar-refractivity contribution is -0.131. The fourth-order valence-electron chi connectivity index (χ4n) is 9.41. The number of phenolic OH excluding ortho intramolecular Hbond substituents is 1. The highest BCUT2D eigenvalue weighted by atomic mass is 16.3. The van der Waals surface area contributed by atoms with Crippen LogP contribution in [0.2, 0.25) is 0 Å². The molecule has 0 spiro atoms. The standard InChI is InChI=1S/C39H55N3O4/c1-25-22-34(3,4)17-19-39(25,42-33(46)41-28-11-13-29(44)14-12-28)20-18-35(5,6)38(10)16-15-30-36(7,8)32(45)27(24-40)23-37(30,9)31(38)21-26(2)43/h11-14,21,23,25,30,44H,15-20,22H2,1-10H3,(H2,41,42,46)/b31-21-/t25?,30-,37-,38+,39-/m0/s1. The minimum atomic E-state index is -0.723. The molecule has 250 valence electrons. The van der Waals surface area contributed by atoms with Crippen LogP contribution in [-0.4, -0.2) is 28.2 Å². The molecule has 7 nitrogen and oxygen atoms in total. The third-order valence-electron chi connectivity index (χ3n) is 12.7. The van der Waals surface area contributed by atoms with E-state index in [9.17, 15) is 24.8 Å². The Kier molecular flexibility index (Phi) is 9.25. The van der Waals surface area contributed by atoms with Gasteiger partial charge in [-0.05, 0) is 110 Å². The average Bonchev–Trinajstić information content (AvgIpc) is 2.94. The quantitative estimate of drug-likeness (QED) is 0.206. The second-order valence-corrected chi connectivity index (χ2v) is 17.0. The van der Waals surface area contributed by atoms with E-state index < -0.39 is 21.8 Å². The first-order valence-corrected chi connectivity index (χ1v) is 16.9. The van der Waals surface area contributed by atoms with E-state index in [1.807, 2.05) is 19.9 Å². The number of allylic oxidation sites excluding steroid dienone is 4. The molecule has 7 heteroatoms. The van der Waals surface area contributed by atoms with E-state index >= 15 is 0 Å². The van der Waals surface area contributed by atoms with Crippen molar-refractivity contribution in [3.05, 3.63) is 47.6 Å². The van der Waals surface area contributed by atoms with Crippen molar-refractivity contribution in [2.45, 2.75) is 120 Å². The van der Waals surface area contributed by atoms with Crippen LogP contribution in [0.4, 0.5) is 10.5 Å². The third kappa shape index (κ3) is 6.29. The van der Waals surface area contributed by atoms with E-state index in [2.05, 4.69) is 65.2 Å². The number of urea groups is 1. The van der Waals surface area contributed by atoms with Gasteiger partial charge in [-0.2, -0.15) is 5.26 Å². The van der Waals surface area contributed by atoms with Crippen LogP contribution in [0.15, 0.2) is 47.6 Å². The summed E-state index contributed by atoms with van der Waals surface area (Å²) in [6.45, 7) is 21.3. The van der Waals surface area contributed by atoms with Gasteiger partial charge in [0, 0.05) is 22.1 Å². The topological polar surface area (TPSA) is 119 Å². The second-order valence-electron chi connectivity index (χ2n) is 17.0. The zero-order chi connectivity index (χ0) is 34.5. The van der Waals surface area contributed by atoms with Gasteiger partial charge in [-0.15, -0.1) is 0 Å². The summed E-state index contributed by atoms with van der Waals surface area (Å²) in [5.41, 5.74) is -0.478. The maximum atomic E-state index is 13.5. The summed E-state index contributed by atoms with van der Waals surface area (Å²) in [5.74, 6) is 0.196. The van der Waals surface area contributed by atoms with Crippen LogP contribution in [0.5, 0.6) is 5.75 Å². The number of ketones is 2. The molecule has 1 unspecified atom stereocenters. The molecular formula is C39H55N3O4. The number of fused-ring (bicyclic) bond motifs is 1. The molecule has 2 fully saturated rings. The lowest BCUT2D eigenvalue weighted by Crippen LogP contribution is -2.59. The number of hydrogen-bond donors (Lipinski definition) is 3. The molecular weight excluding hydrogens is 574 g/mol. The Morgan fingerprint density at radius 2 is 1.70 bits per heavy atom. The van der Waals surface area contributed by atoms with Gasteiger partial charge in [-0.25, -0.2) is 4.79 Å². The molecule has 0 saturated heterocycles. The smallest absolute Gasteiger partial charge is 0.319 e. The number of carbonyl (C=O) groups is 3. The van der Waals surface area contributed by atoms with E-state index in [-0.39, 0.29) is 51.6 Å². The molecule has 0 aromatic heterocycles. The van der Waals surface area contributed by atoms with Gasteiger partial charge in [-0.3, -0.25) is 9.59 Å². The van der Waals surface area contributed by atoms with Gasteiger partial charge in [0.05, 0.1) is 5.57 Å². The van der Waals surface area contributed by atoms with E-state index in [0.29, 0.717) is 5.69 Å². The summed E-state index contributed by atoms with van der Waals surface area (Å²) in [5, 5.41) is 26.1. The molecule has 1 aromatic rings. The molecule has 2 amide bonds. The summed E-state index contributed by atoms with van der Waals surface area (Å²) in [6.07, 6.45) is 9.69. The summed E-state index contributed by atoms with van der Waals surface area (Å²) in [6, 6.07) is 8.40. The van der Waals surface area contributed by atoms with Crippen LogP contribution >= 0.6 is 0 Å².